The van der Waals surface area contributed by atoms with Crippen molar-refractivity contribution in [2.75, 3.05) is 0 Å². The van der Waals surface area contributed by atoms with Gasteiger partial charge in [-0.1, -0.05) is 11.6 Å². The summed E-state index contributed by atoms with van der Waals surface area (Å²) in [6, 6.07) is 3.65. The first-order valence-electron chi connectivity index (χ1n) is 2.92. The number of nitroso groups, excluding NO2 is 1. The lowest BCUT2D eigenvalue weighted by Crippen LogP contribution is -1.87. The Morgan fingerprint density at radius 3 is 2.67 bits per heavy atom. The summed E-state index contributed by atoms with van der Waals surface area (Å²) in [6.45, 7) is 0. The largest absolute Gasteiger partial charge is 0.299 e. The van der Waals surface area contributed by atoms with Gasteiger partial charge in [0.1, 0.15) is 0 Å². The fourth-order valence-corrected chi connectivity index (χ4v) is 0.886. The molecule has 1 aromatic carbocycles. The molecule has 6 heteroatoms. The molecule has 0 atom stereocenters. The van der Waals surface area contributed by atoms with Crippen molar-refractivity contribution in [3.05, 3.63) is 38.2 Å². The Bertz CT molecular complexity index is 340. The standard InChI is InChI=1S/C6H3ClN2O3/c7-4-1-2-5(8-10)6(3-4)9(11)12/h1-3H. The van der Waals surface area contributed by atoms with E-state index in [2.05, 4.69) is 5.18 Å². The molecule has 5 nitrogen and oxygen atoms in total. The van der Waals surface area contributed by atoms with Crippen molar-refractivity contribution in [2.45, 2.75) is 0 Å². The van der Waals surface area contributed by atoms with Gasteiger partial charge in [-0.3, -0.25) is 10.1 Å². The number of nitrogens with zero attached hydrogens (tertiary/aromatic N) is 2. The molecule has 0 spiro atoms. The number of nitro benzene ring substituents is 1. The van der Waals surface area contributed by atoms with Gasteiger partial charge in [-0.25, -0.2) is 0 Å². The predicted octanol–water partition coefficient (Wildman–Crippen LogP) is 2.65. The molecule has 0 aliphatic rings. The molecule has 0 aliphatic heterocycles. The highest BCUT2D eigenvalue weighted by molar-refractivity contribution is 6.30. The molecular formula is C6H3ClN2O3. The molecule has 0 heterocycles. The lowest BCUT2D eigenvalue weighted by atomic mass is 10.3. The maximum absolute atomic E-state index is 10.3. The van der Waals surface area contributed by atoms with Crippen LogP contribution >= 0.6 is 11.6 Å². The highest BCUT2D eigenvalue weighted by Crippen LogP contribution is 2.29. The first-order valence-corrected chi connectivity index (χ1v) is 3.30. The quantitative estimate of drug-likeness (QED) is 0.405. The zero-order valence-electron chi connectivity index (χ0n) is 5.73. The zero-order chi connectivity index (χ0) is 9.14. The SMILES string of the molecule is O=Nc1ccc(Cl)cc1[N+](=O)[O-]. The number of hydrogen-bond donors (Lipinski definition) is 0. The van der Waals surface area contributed by atoms with Crippen LogP contribution in [0.15, 0.2) is 23.4 Å². The summed E-state index contributed by atoms with van der Waals surface area (Å²) in [5, 5.41) is 13.0. The van der Waals surface area contributed by atoms with Crippen LogP contribution in [0.2, 0.25) is 5.02 Å². The molecule has 0 saturated heterocycles. The van der Waals surface area contributed by atoms with Crippen LogP contribution in [0.5, 0.6) is 0 Å². The van der Waals surface area contributed by atoms with E-state index >= 15 is 0 Å². The molecule has 12 heavy (non-hydrogen) atoms. The minimum atomic E-state index is -0.706. The van der Waals surface area contributed by atoms with Gasteiger partial charge in [0.05, 0.1) is 4.92 Å². The van der Waals surface area contributed by atoms with Gasteiger partial charge in [0.25, 0.3) is 5.69 Å². The molecule has 0 N–H and O–H groups in total. The van der Waals surface area contributed by atoms with Crippen LogP contribution in [0.1, 0.15) is 0 Å². The van der Waals surface area contributed by atoms with E-state index in [9.17, 15) is 15.0 Å². The first kappa shape index (κ1) is 8.61. The van der Waals surface area contributed by atoms with Gasteiger partial charge in [-0.05, 0) is 17.3 Å². The molecule has 1 rings (SSSR count). The Balaban J connectivity index is 3.30. The first-order chi connectivity index (χ1) is 5.65. The Morgan fingerprint density at radius 1 is 1.50 bits per heavy atom. The molecule has 0 amide bonds. The van der Waals surface area contributed by atoms with Crippen LogP contribution in [0.4, 0.5) is 11.4 Å². The van der Waals surface area contributed by atoms with E-state index in [1.54, 1.807) is 0 Å². The smallest absolute Gasteiger partial charge is 0.258 e. The van der Waals surface area contributed by atoms with Crippen molar-refractivity contribution in [3.8, 4) is 0 Å². The summed E-state index contributed by atoms with van der Waals surface area (Å²) in [7, 11) is 0. The van der Waals surface area contributed by atoms with Crippen LogP contribution < -0.4 is 0 Å². The molecule has 62 valence electrons. The molecule has 0 fully saturated rings. The van der Waals surface area contributed by atoms with E-state index < -0.39 is 4.92 Å². The number of nitro groups is 1. The predicted molar refractivity (Wildman–Crippen MR) is 43.6 cm³/mol. The summed E-state index contributed by atoms with van der Waals surface area (Å²) in [4.78, 5) is 19.6. The van der Waals surface area contributed by atoms with Gasteiger partial charge in [-0.2, -0.15) is 0 Å². The lowest BCUT2D eigenvalue weighted by Gasteiger charge is -1.93. The van der Waals surface area contributed by atoms with Crippen LogP contribution in [0.3, 0.4) is 0 Å². The molecule has 0 bridgehead atoms. The van der Waals surface area contributed by atoms with Crippen molar-refractivity contribution in [3.63, 3.8) is 0 Å². The molecule has 0 unspecified atom stereocenters. The van der Waals surface area contributed by atoms with Crippen molar-refractivity contribution in [1.82, 2.24) is 0 Å². The fourth-order valence-electron chi connectivity index (χ4n) is 0.720. The second-order valence-corrected chi connectivity index (χ2v) is 2.42. The molecular weight excluding hydrogens is 184 g/mol. The minimum Gasteiger partial charge on any atom is -0.258 e. The lowest BCUT2D eigenvalue weighted by molar-refractivity contribution is -0.384. The van der Waals surface area contributed by atoms with Crippen LogP contribution in [0.25, 0.3) is 0 Å². The van der Waals surface area contributed by atoms with Gasteiger partial charge < -0.3 is 0 Å². The van der Waals surface area contributed by atoms with Crippen molar-refractivity contribution >= 4 is 23.0 Å². The highest BCUT2D eigenvalue weighted by Gasteiger charge is 2.14. The van der Waals surface area contributed by atoms with Gasteiger partial charge in [0.2, 0.25) is 0 Å². The van der Waals surface area contributed by atoms with Gasteiger partial charge in [0, 0.05) is 11.1 Å². The van der Waals surface area contributed by atoms with Crippen molar-refractivity contribution in [1.29, 1.82) is 0 Å². The molecule has 0 aliphatic carbocycles. The summed E-state index contributed by atoms with van der Waals surface area (Å²) in [5.41, 5.74) is -0.595. The summed E-state index contributed by atoms with van der Waals surface area (Å²) in [6.07, 6.45) is 0. The number of hydrogen-bond acceptors (Lipinski definition) is 4. The Kier molecular flexibility index (Phi) is 2.35. The van der Waals surface area contributed by atoms with Gasteiger partial charge >= 0.3 is 0 Å². The van der Waals surface area contributed by atoms with Crippen molar-refractivity contribution in [2.24, 2.45) is 5.18 Å². The zero-order valence-corrected chi connectivity index (χ0v) is 6.49. The maximum atomic E-state index is 10.3. The number of rotatable bonds is 2. The summed E-state index contributed by atoms with van der Waals surface area (Å²) in [5.74, 6) is 0. The van der Waals surface area contributed by atoms with Crippen LogP contribution in [-0.4, -0.2) is 4.92 Å². The second kappa shape index (κ2) is 3.27. The Labute approximate surface area is 72.1 Å². The maximum Gasteiger partial charge on any atom is 0.299 e. The number of benzene rings is 1. The van der Waals surface area contributed by atoms with E-state index in [0.717, 1.165) is 6.07 Å². The molecule has 1 aromatic rings. The van der Waals surface area contributed by atoms with E-state index in [4.69, 9.17) is 11.6 Å². The molecule has 0 radical (unpaired) electrons. The monoisotopic (exact) mass is 186 g/mol. The van der Waals surface area contributed by atoms with Gasteiger partial charge in [-0.15, -0.1) is 4.91 Å². The third-order valence-corrected chi connectivity index (χ3v) is 1.47. The van der Waals surface area contributed by atoms with E-state index in [1.807, 2.05) is 0 Å². The molecule has 0 aromatic heterocycles. The van der Waals surface area contributed by atoms with Gasteiger partial charge in [0.15, 0.2) is 5.69 Å². The topological polar surface area (TPSA) is 72.6 Å². The van der Waals surface area contributed by atoms with Crippen LogP contribution in [0, 0.1) is 15.0 Å². The average Bonchev–Trinajstić information content (AvgIpc) is 2.04. The fraction of sp³-hybridized carbons (Fsp3) is 0. The van der Waals surface area contributed by atoms with Crippen LogP contribution in [-0.2, 0) is 0 Å². The third-order valence-electron chi connectivity index (χ3n) is 1.23. The summed E-state index contributed by atoms with van der Waals surface area (Å²) < 4.78 is 0. The van der Waals surface area contributed by atoms with E-state index in [-0.39, 0.29) is 16.4 Å². The normalized spacial score (nSPS) is 9.42. The highest BCUT2D eigenvalue weighted by atomic mass is 35.5. The second-order valence-electron chi connectivity index (χ2n) is 1.98. The number of halogens is 1. The van der Waals surface area contributed by atoms with Crippen molar-refractivity contribution < 1.29 is 4.92 Å². The summed E-state index contributed by atoms with van der Waals surface area (Å²) >= 11 is 5.47. The van der Waals surface area contributed by atoms with E-state index in [0.29, 0.717) is 0 Å². The Morgan fingerprint density at radius 2 is 2.17 bits per heavy atom. The average molecular weight is 187 g/mol. The minimum absolute atomic E-state index is 0.203. The molecule has 0 saturated carbocycles. The van der Waals surface area contributed by atoms with E-state index in [1.165, 1.54) is 12.1 Å². The third kappa shape index (κ3) is 1.57. The Hall–Kier alpha value is -1.49.